The smallest absolute Gasteiger partial charge is 0.261 e. The summed E-state index contributed by atoms with van der Waals surface area (Å²) in [5.41, 5.74) is 5.45. The van der Waals surface area contributed by atoms with Crippen molar-refractivity contribution in [3.63, 3.8) is 0 Å². The minimum atomic E-state index is -0.138. The zero-order valence-electron chi connectivity index (χ0n) is 20.1. The van der Waals surface area contributed by atoms with Crippen molar-refractivity contribution in [2.75, 3.05) is 0 Å². The van der Waals surface area contributed by atoms with E-state index in [4.69, 9.17) is 5.10 Å². The van der Waals surface area contributed by atoms with Crippen molar-refractivity contribution in [2.24, 2.45) is 0 Å². The molecule has 1 N–H and O–H groups in total. The highest BCUT2D eigenvalue weighted by Gasteiger charge is 2.13. The van der Waals surface area contributed by atoms with Gasteiger partial charge in [0.2, 0.25) is 5.91 Å². The van der Waals surface area contributed by atoms with Gasteiger partial charge in [-0.15, -0.1) is 0 Å². The maximum Gasteiger partial charge on any atom is 0.261 e. The number of nitrogens with zero attached hydrogens (tertiary/aromatic N) is 4. The minimum Gasteiger partial charge on any atom is -0.352 e. The molecule has 0 aliphatic heterocycles. The molecule has 0 fully saturated rings. The second-order valence-electron chi connectivity index (χ2n) is 8.79. The van der Waals surface area contributed by atoms with Crippen LogP contribution in [0.3, 0.4) is 0 Å². The van der Waals surface area contributed by atoms with Gasteiger partial charge in [-0.2, -0.15) is 5.10 Å². The normalized spacial score (nSPS) is 11.0. The Hall–Kier alpha value is -4.52. The van der Waals surface area contributed by atoms with Gasteiger partial charge in [0.05, 0.1) is 29.5 Å². The molecule has 0 spiro atoms. The summed E-state index contributed by atoms with van der Waals surface area (Å²) in [7, 11) is 0. The van der Waals surface area contributed by atoms with Crippen molar-refractivity contribution < 1.29 is 4.79 Å². The first-order valence-electron chi connectivity index (χ1n) is 12.0. The summed E-state index contributed by atoms with van der Waals surface area (Å²) in [5, 5.41) is 8.37. The third kappa shape index (κ3) is 5.10. The van der Waals surface area contributed by atoms with E-state index in [1.54, 1.807) is 6.07 Å². The zero-order chi connectivity index (χ0) is 24.9. The minimum absolute atomic E-state index is 0.134. The Labute approximate surface area is 209 Å². The second-order valence-corrected chi connectivity index (χ2v) is 8.79. The highest BCUT2D eigenvalue weighted by atomic mass is 16.1. The summed E-state index contributed by atoms with van der Waals surface area (Å²) >= 11 is 0. The van der Waals surface area contributed by atoms with Crippen molar-refractivity contribution in [3.05, 3.63) is 118 Å². The average Bonchev–Trinajstić information content (AvgIpc) is 3.31. The third-order valence-electron chi connectivity index (χ3n) is 6.18. The van der Waals surface area contributed by atoms with Crippen molar-refractivity contribution in [1.82, 2.24) is 24.6 Å². The van der Waals surface area contributed by atoms with Gasteiger partial charge in [0.1, 0.15) is 0 Å². The summed E-state index contributed by atoms with van der Waals surface area (Å²) in [6.45, 7) is 3.19. The predicted molar refractivity (Wildman–Crippen MR) is 140 cm³/mol. The lowest BCUT2D eigenvalue weighted by Gasteiger charge is -2.09. The number of para-hydroxylation sites is 1. The summed E-state index contributed by atoms with van der Waals surface area (Å²) in [6, 6.07) is 25.6. The highest BCUT2D eigenvalue weighted by Crippen LogP contribution is 2.22. The number of hydrogen-bond acceptors (Lipinski definition) is 4. The molecule has 0 saturated carbocycles. The van der Waals surface area contributed by atoms with Crippen molar-refractivity contribution in [3.8, 4) is 11.3 Å². The van der Waals surface area contributed by atoms with Crippen LogP contribution in [0.1, 0.15) is 23.1 Å². The molecule has 0 aliphatic carbocycles. The number of benzene rings is 3. The Kier molecular flexibility index (Phi) is 6.71. The summed E-state index contributed by atoms with van der Waals surface area (Å²) in [4.78, 5) is 29.9. The standard InChI is InChI=1S/C29H27N5O2/c1-21-9-8-14-25-27(21)31-20-33(29(25)36)16-15-26(35)30-17-24-19-34(18-22-10-4-2-5-11-22)32-28(24)23-12-6-3-7-13-23/h2-14,19-20H,15-18H2,1H3,(H,30,35). The van der Waals surface area contributed by atoms with Crippen LogP contribution in [0.15, 0.2) is 96.2 Å². The molecule has 0 atom stereocenters. The molecule has 2 heterocycles. The van der Waals surface area contributed by atoms with Crippen LogP contribution in [-0.2, 0) is 24.4 Å². The molecule has 0 unspecified atom stereocenters. The number of fused-ring (bicyclic) bond motifs is 1. The Balaban J connectivity index is 1.28. The van der Waals surface area contributed by atoms with Crippen LogP contribution in [0.4, 0.5) is 0 Å². The van der Waals surface area contributed by atoms with E-state index in [-0.39, 0.29) is 24.4 Å². The van der Waals surface area contributed by atoms with E-state index >= 15 is 0 Å². The van der Waals surface area contributed by atoms with E-state index in [2.05, 4.69) is 22.4 Å². The molecular weight excluding hydrogens is 450 g/mol. The van der Waals surface area contributed by atoms with Crippen LogP contribution in [0.5, 0.6) is 0 Å². The number of nitrogens with one attached hydrogen (secondary N) is 1. The fourth-order valence-electron chi connectivity index (χ4n) is 4.28. The van der Waals surface area contributed by atoms with E-state index < -0.39 is 0 Å². The van der Waals surface area contributed by atoms with Gasteiger partial charge >= 0.3 is 0 Å². The Bertz CT molecular complexity index is 1560. The second kappa shape index (κ2) is 10.4. The topological polar surface area (TPSA) is 81.8 Å². The molecule has 5 aromatic rings. The highest BCUT2D eigenvalue weighted by molar-refractivity contribution is 5.80. The fraction of sp³-hybridized carbons (Fsp3) is 0.172. The van der Waals surface area contributed by atoms with Gasteiger partial charge in [-0.25, -0.2) is 4.98 Å². The average molecular weight is 478 g/mol. The van der Waals surface area contributed by atoms with E-state index in [9.17, 15) is 9.59 Å². The molecule has 7 heteroatoms. The Morgan fingerprint density at radius 3 is 2.47 bits per heavy atom. The number of hydrogen-bond donors (Lipinski definition) is 1. The van der Waals surface area contributed by atoms with Crippen molar-refractivity contribution in [1.29, 1.82) is 0 Å². The number of aryl methyl sites for hydroxylation is 2. The molecule has 3 aromatic carbocycles. The van der Waals surface area contributed by atoms with Crippen molar-refractivity contribution >= 4 is 16.8 Å². The largest absolute Gasteiger partial charge is 0.352 e. The predicted octanol–water partition coefficient (Wildman–Crippen LogP) is 4.32. The van der Waals surface area contributed by atoms with Gasteiger partial charge in [-0.05, 0) is 24.1 Å². The molecule has 0 bridgehead atoms. The molecule has 2 aromatic heterocycles. The third-order valence-corrected chi connectivity index (χ3v) is 6.18. The number of rotatable bonds is 8. The number of carbonyl (C=O) groups excluding carboxylic acids is 1. The lowest BCUT2D eigenvalue weighted by molar-refractivity contribution is -0.121. The van der Waals surface area contributed by atoms with E-state index in [0.717, 1.165) is 27.9 Å². The quantitative estimate of drug-likeness (QED) is 0.361. The number of aromatic nitrogens is 4. The van der Waals surface area contributed by atoms with E-state index in [1.807, 2.05) is 78.5 Å². The lowest BCUT2D eigenvalue weighted by atomic mass is 10.1. The molecule has 0 aliphatic rings. The van der Waals surface area contributed by atoms with Crippen molar-refractivity contribution in [2.45, 2.75) is 33.0 Å². The van der Waals surface area contributed by atoms with Crippen LogP contribution in [-0.4, -0.2) is 25.2 Å². The van der Waals surface area contributed by atoms with Gasteiger partial charge in [-0.1, -0.05) is 72.8 Å². The molecule has 7 nitrogen and oxygen atoms in total. The number of amides is 1. The molecule has 5 rings (SSSR count). The monoisotopic (exact) mass is 477 g/mol. The molecule has 1 amide bonds. The molecule has 180 valence electrons. The first-order chi connectivity index (χ1) is 17.6. The fourth-order valence-corrected chi connectivity index (χ4v) is 4.28. The van der Waals surface area contributed by atoms with E-state index in [1.165, 1.54) is 10.9 Å². The summed E-state index contributed by atoms with van der Waals surface area (Å²) < 4.78 is 3.40. The Morgan fingerprint density at radius 1 is 0.944 bits per heavy atom. The molecular formula is C29H27N5O2. The number of carbonyl (C=O) groups is 1. The molecule has 36 heavy (non-hydrogen) atoms. The van der Waals surface area contributed by atoms with E-state index in [0.29, 0.717) is 24.0 Å². The van der Waals surface area contributed by atoms with Gasteiger partial charge in [0.15, 0.2) is 0 Å². The SMILES string of the molecule is Cc1cccc2c(=O)n(CCC(=O)NCc3cn(Cc4ccccc4)nc3-c3ccccc3)cnc12. The van der Waals surface area contributed by atoms with Gasteiger partial charge in [0.25, 0.3) is 5.56 Å². The first kappa shape index (κ1) is 23.2. The zero-order valence-corrected chi connectivity index (χ0v) is 20.1. The van der Waals surface area contributed by atoms with Crippen LogP contribution in [0, 0.1) is 6.92 Å². The van der Waals surface area contributed by atoms with Crippen LogP contribution in [0.25, 0.3) is 22.2 Å². The maximum atomic E-state index is 12.8. The molecule has 0 radical (unpaired) electrons. The van der Waals surface area contributed by atoms with Gasteiger partial charge < -0.3 is 5.32 Å². The molecule has 0 saturated heterocycles. The van der Waals surface area contributed by atoms with Gasteiger partial charge in [0, 0.05) is 36.8 Å². The van der Waals surface area contributed by atoms with Crippen LogP contribution < -0.4 is 10.9 Å². The lowest BCUT2D eigenvalue weighted by Crippen LogP contribution is -2.27. The summed E-state index contributed by atoms with van der Waals surface area (Å²) in [6.07, 6.45) is 3.68. The van der Waals surface area contributed by atoms with Crippen LogP contribution >= 0.6 is 0 Å². The Morgan fingerprint density at radius 2 is 1.69 bits per heavy atom. The maximum absolute atomic E-state index is 12.8. The first-order valence-corrected chi connectivity index (χ1v) is 12.0. The van der Waals surface area contributed by atoms with Gasteiger partial charge in [-0.3, -0.25) is 18.8 Å². The summed E-state index contributed by atoms with van der Waals surface area (Å²) in [5.74, 6) is -0.138. The van der Waals surface area contributed by atoms with Crippen LogP contribution in [0.2, 0.25) is 0 Å².